The number of carbonyl (C=O) groups is 1. The molecule has 2 aromatic rings. The molecule has 8 heteroatoms. The zero-order valence-corrected chi connectivity index (χ0v) is 16.5. The van der Waals surface area contributed by atoms with Gasteiger partial charge in [-0.1, -0.05) is 5.16 Å². The van der Waals surface area contributed by atoms with E-state index < -0.39 is 0 Å². The van der Waals surface area contributed by atoms with Crippen LogP contribution in [0.25, 0.3) is 0 Å². The van der Waals surface area contributed by atoms with Crippen LogP contribution in [0.1, 0.15) is 37.4 Å². The van der Waals surface area contributed by atoms with E-state index in [2.05, 4.69) is 20.4 Å². The Morgan fingerprint density at radius 2 is 1.89 bits per heavy atom. The number of nitrogens with one attached hydrogen (secondary N) is 1. The Morgan fingerprint density at radius 1 is 1.21 bits per heavy atom. The topological polar surface area (TPSA) is 89.7 Å². The summed E-state index contributed by atoms with van der Waals surface area (Å²) in [6.45, 7) is 7.42. The molecule has 1 aromatic carbocycles. The second-order valence-electron chi connectivity index (χ2n) is 6.83. The first-order valence-corrected chi connectivity index (χ1v) is 9.79. The number of hydrogen-bond donors (Lipinski definition) is 1. The van der Waals surface area contributed by atoms with Crippen molar-refractivity contribution >= 4 is 5.91 Å². The van der Waals surface area contributed by atoms with E-state index in [1.165, 1.54) is 0 Å². The van der Waals surface area contributed by atoms with Crippen LogP contribution in [0.3, 0.4) is 0 Å². The van der Waals surface area contributed by atoms with Crippen molar-refractivity contribution in [3.63, 3.8) is 0 Å². The van der Waals surface area contributed by atoms with Gasteiger partial charge in [-0.3, -0.25) is 9.69 Å². The third kappa shape index (κ3) is 5.95. The lowest BCUT2D eigenvalue weighted by molar-refractivity contribution is -0.122. The molecule has 1 aliphatic heterocycles. The van der Waals surface area contributed by atoms with Crippen molar-refractivity contribution in [3.8, 4) is 11.5 Å². The molecule has 1 aromatic heterocycles. The van der Waals surface area contributed by atoms with Gasteiger partial charge in [-0.05, 0) is 64.0 Å². The van der Waals surface area contributed by atoms with E-state index in [4.69, 9.17) is 14.0 Å². The molecule has 1 saturated heterocycles. The fourth-order valence-corrected chi connectivity index (χ4v) is 3.23. The summed E-state index contributed by atoms with van der Waals surface area (Å²) in [6.07, 6.45) is 1.85. The highest BCUT2D eigenvalue weighted by Gasteiger charge is 2.25. The number of aromatic nitrogens is 2. The highest BCUT2D eigenvalue weighted by Crippen LogP contribution is 2.26. The number of aryl methyl sites for hydroxylation is 1. The molecule has 152 valence electrons. The summed E-state index contributed by atoms with van der Waals surface area (Å²) < 4.78 is 16.3. The molecule has 0 spiro atoms. The number of nitrogens with zero attached hydrogens (tertiary/aromatic N) is 3. The van der Waals surface area contributed by atoms with Crippen molar-refractivity contribution in [1.82, 2.24) is 20.4 Å². The number of rotatable bonds is 9. The van der Waals surface area contributed by atoms with Crippen molar-refractivity contribution in [2.24, 2.45) is 0 Å². The fourth-order valence-electron chi connectivity index (χ4n) is 3.23. The largest absolute Gasteiger partial charge is 0.494 e. The Balaban J connectivity index is 1.29. The summed E-state index contributed by atoms with van der Waals surface area (Å²) in [5.74, 6) is 3.28. The van der Waals surface area contributed by atoms with Crippen LogP contribution in [0.4, 0.5) is 0 Å². The summed E-state index contributed by atoms with van der Waals surface area (Å²) in [5.41, 5.74) is 0. The molecule has 0 aliphatic carbocycles. The monoisotopic (exact) mass is 388 g/mol. The maximum Gasteiger partial charge on any atom is 0.234 e. The number of amides is 1. The molecular weight excluding hydrogens is 360 g/mol. The number of ether oxygens (including phenoxy) is 2. The molecule has 2 heterocycles. The van der Waals surface area contributed by atoms with Crippen LogP contribution in [0.5, 0.6) is 11.5 Å². The first kappa shape index (κ1) is 20.1. The number of likely N-dealkylation sites (tertiary alicyclic amines) is 1. The minimum atomic E-state index is 0.0161. The van der Waals surface area contributed by atoms with Crippen LogP contribution in [0.15, 0.2) is 28.8 Å². The van der Waals surface area contributed by atoms with Gasteiger partial charge in [-0.25, -0.2) is 0 Å². The molecule has 1 N–H and O–H groups in total. The third-order valence-corrected chi connectivity index (χ3v) is 4.68. The van der Waals surface area contributed by atoms with E-state index in [1.807, 2.05) is 38.1 Å². The average molecular weight is 388 g/mol. The number of benzene rings is 1. The summed E-state index contributed by atoms with van der Waals surface area (Å²) >= 11 is 0. The van der Waals surface area contributed by atoms with E-state index in [-0.39, 0.29) is 5.91 Å². The molecule has 0 atom stereocenters. The normalized spacial score (nSPS) is 15.4. The first-order valence-electron chi connectivity index (χ1n) is 9.79. The summed E-state index contributed by atoms with van der Waals surface area (Å²) in [5, 5.41) is 6.76. The molecule has 0 saturated carbocycles. The van der Waals surface area contributed by atoms with Gasteiger partial charge in [0.25, 0.3) is 0 Å². The van der Waals surface area contributed by atoms with Crippen molar-refractivity contribution in [2.45, 2.75) is 32.6 Å². The minimum Gasteiger partial charge on any atom is -0.494 e. The first-order chi connectivity index (χ1) is 13.6. The fraction of sp³-hybridized carbons (Fsp3) is 0.550. The van der Waals surface area contributed by atoms with Crippen molar-refractivity contribution in [2.75, 3.05) is 39.4 Å². The van der Waals surface area contributed by atoms with Gasteiger partial charge >= 0.3 is 0 Å². The van der Waals surface area contributed by atoms with Crippen molar-refractivity contribution in [3.05, 3.63) is 36.0 Å². The molecule has 0 unspecified atom stereocenters. The van der Waals surface area contributed by atoms with Crippen LogP contribution in [-0.2, 0) is 4.79 Å². The van der Waals surface area contributed by atoms with E-state index in [0.29, 0.717) is 43.9 Å². The van der Waals surface area contributed by atoms with Gasteiger partial charge in [0.15, 0.2) is 5.82 Å². The van der Waals surface area contributed by atoms with E-state index in [9.17, 15) is 4.79 Å². The van der Waals surface area contributed by atoms with Gasteiger partial charge < -0.3 is 19.3 Å². The van der Waals surface area contributed by atoms with Crippen LogP contribution in [0.2, 0.25) is 0 Å². The van der Waals surface area contributed by atoms with Gasteiger partial charge in [-0.2, -0.15) is 4.98 Å². The van der Waals surface area contributed by atoms with Crippen molar-refractivity contribution < 1.29 is 18.8 Å². The van der Waals surface area contributed by atoms with Crippen LogP contribution in [-0.4, -0.2) is 60.3 Å². The van der Waals surface area contributed by atoms with Gasteiger partial charge in [0.2, 0.25) is 11.8 Å². The standard InChI is InChI=1S/C20H28N4O4/c1-3-26-17-4-6-18(7-5-17)27-13-10-21-19(25)14-24-11-8-16(9-12-24)20-22-15(2)23-28-20/h4-7,16H,3,8-14H2,1-2H3,(H,21,25). The average Bonchev–Trinajstić information content (AvgIpc) is 3.14. The Labute approximate surface area is 165 Å². The molecule has 8 nitrogen and oxygen atoms in total. The third-order valence-electron chi connectivity index (χ3n) is 4.68. The van der Waals surface area contributed by atoms with E-state index in [1.54, 1.807) is 0 Å². The highest BCUT2D eigenvalue weighted by molar-refractivity contribution is 5.78. The smallest absolute Gasteiger partial charge is 0.234 e. The zero-order chi connectivity index (χ0) is 19.8. The highest BCUT2D eigenvalue weighted by atomic mass is 16.5. The van der Waals surface area contributed by atoms with E-state index >= 15 is 0 Å². The van der Waals surface area contributed by atoms with E-state index in [0.717, 1.165) is 37.4 Å². The lowest BCUT2D eigenvalue weighted by Gasteiger charge is -2.29. The lowest BCUT2D eigenvalue weighted by atomic mass is 9.97. The minimum absolute atomic E-state index is 0.0161. The predicted molar refractivity (Wildman–Crippen MR) is 104 cm³/mol. The Kier molecular flexibility index (Phi) is 7.25. The summed E-state index contributed by atoms with van der Waals surface area (Å²) in [6, 6.07) is 7.47. The number of piperidine rings is 1. The lowest BCUT2D eigenvalue weighted by Crippen LogP contribution is -2.42. The Morgan fingerprint density at radius 3 is 2.50 bits per heavy atom. The number of hydrogen-bond acceptors (Lipinski definition) is 7. The van der Waals surface area contributed by atoms with Crippen molar-refractivity contribution in [1.29, 1.82) is 0 Å². The molecule has 28 heavy (non-hydrogen) atoms. The molecule has 1 fully saturated rings. The molecule has 3 rings (SSSR count). The molecule has 0 radical (unpaired) electrons. The van der Waals surface area contributed by atoms with Crippen LogP contribution < -0.4 is 14.8 Å². The van der Waals surface area contributed by atoms with Gasteiger partial charge in [0.1, 0.15) is 18.1 Å². The van der Waals surface area contributed by atoms with Crippen LogP contribution in [0, 0.1) is 6.92 Å². The molecule has 0 bridgehead atoms. The second kappa shape index (κ2) is 10.1. The quantitative estimate of drug-likeness (QED) is 0.658. The Bertz CT molecular complexity index is 739. The summed E-state index contributed by atoms with van der Waals surface area (Å²) in [7, 11) is 0. The SMILES string of the molecule is CCOc1ccc(OCCNC(=O)CN2CCC(c3nc(C)no3)CC2)cc1. The zero-order valence-electron chi connectivity index (χ0n) is 16.5. The molecular formula is C20H28N4O4. The Hall–Kier alpha value is -2.61. The molecule has 1 aliphatic rings. The maximum atomic E-state index is 12.1. The van der Waals surface area contributed by atoms with Crippen LogP contribution >= 0.6 is 0 Å². The second-order valence-corrected chi connectivity index (χ2v) is 6.83. The number of carbonyl (C=O) groups excluding carboxylic acids is 1. The van der Waals surface area contributed by atoms with Gasteiger partial charge in [0.05, 0.1) is 19.7 Å². The maximum absolute atomic E-state index is 12.1. The molecule has 1 amide bonds. The van der Waals surface area contributed by atoms with Gasteiger partial charge in [0, 0.05) is 5.92 Å². The summed E-state index contributed by atoms with van der Waals surface area (Å²) in [4.78, 5) is 18.6. The predicted octanol–water partition coefficient (Wildman–Crippen LogP) is 2.15. The van der Waals surface area contributed by atoms with Gasteiger partial charge in [-0.15, -0.1) is 0 Å².